The van der Waals surface area contributed by atoms with E-state index in [1.807, 2.05) is 36.7 Å². The van der Waals surface area contributed by atoms with Crippen molar-refractivity contribution in [3.05, 3.63) is 36.5 Å². The monoisotopic (exact) mass is 322 g/mol. The number of rotatable bonds is 4. The van der Waals surface area contributed by atoms with Gasteiger partial charge in [0.1, 0.15) is 11.6 Å². The molecule has 2 aromatic heterocycles. The van der Waals surface area contributed by atoms with Crippen LogP contribution in [0.3, 0.4) is 0 Å². The second kappa shape index (κ2) is 5.97. The maximum Gasteiger partial charge on any atom is 0.238 e. The third kappa shape index (κ3) is 3.20. The largest absolute Gasteiger partial charge is 0.324 e. The highest BCUT2D eigenvalue weighted by atomic mass is 79.9. The number of pyridine rings is 1. The normalized spacial score (nSPS) is 12.2. The van der Waals surface area contributed by atoms with Crippen LogP contribution in [0.15, 0.2) is 30.7 Å². The van der Waals surface area contributed by atoms with Gasteiger partial charge in [-0.2, -0.15) is 0 Å². The Kier molecular flexibility index (Phi) is 4.31. The molecule has 0 aliphatic carbocycles. The minimum Gasteiger partial charge on any atom is -0.324 e. The molecule has 1 amide bonds. The summed E-state index contributed by atoms with van der Waals surface area (Å²) in [4.78, 5) is 20.0. The highest BCUT2D eigenvalue weighted by Gasteiger charge is 2.12. The van der Waals surface area contributed by atoms with Gasteiger partial charge in [-0.1, -0.05) is 22.9 Å². The lowest BCUT2D eigenvalue weighted by molar-refractivity contribution is -0.115. The summed E-state index contributed by atoms with van der Waals surface area (Å²) in [7, 11) is 0. The third-order valence-electron chi connectivity index (χ3n) is 2.73. The number of amides is 1. The molecule has 2 aromatic rings. The van der Waals surface area contributed by atoms with E-state index in [4.69, 9.17) is 0 Å². The van der Waals surface area contributed by atoms with Crippen molar-refractivity contribution in [2.24, 2.45) is 0 Å². The SMILES string of the molecule is CCC(Br)C(=O)Nc1ccc(-n2ccnc2C)nc1. The lowest BCUT2D eigenvalue weighted by Crippen LogP contribution is -2.22. The first-order chi connectivity index (χ1) is 9.11. The summed E-state index contributed by atoms with van der Waals surface area (Å²) in [5.41, 5.74) is 0.685. The number of halogens is 1. The number of hydrogen-bond donors (Lipinski definition) is 1. The molecule has 0 bridgehead atoms. The van der Waals surface area contributed by atoms with Crippen LogP contribution in [0.25, 0.3) is 5.82 Å². The van der Waals surface area contributed by atoms with Gasteiger partial charge in [0.25, 0.3) is 0 Å². The number of nitrogens with one attached hydrogen (secondary N) is 1. The molecule has 100 valence electrons. The van der Waals surface area contributed by atoms with Gasteiger partial charge >= 0.3 is 0 Å². The fourth-order valence-corrected chi connectivity index (χ4v) is 1.74. The van der Waals surface area contributed by atoms with Crippen molar-refractivity contribution in [2.45, 2.75) is 25.1 Å². The molecule has 0 aliphatic heterocycles. The molecule has 1 N–H and O–H groups in total. The number of nitrogens with zero attached hydrogens (tertiary/aromatic N) is 3. The summed E-state index contributed by atoms with van der Waals surface area (Å²) in [5.74, 6) is 1.59. The topological polar surface area (TPSA) is 59.8 Å². The molecule has 1 atom stereocenters. The van der Waals surface area contributed by atoms with Gasteiger partial charge in [0, 0.05) is 12.4 Å². The minimum atomic E-state index is -0.178. The van der Waals surface area contributed by atoms with Crippen molar-refractivity contribution in [2.75, 3.05) is 5.32 Å². The number of imidazole rings is 1. The second-order valence-corrected chi connectivity index (χ2v) is 5.22. The Morgan fingerprint density at radius 3 is 2.79 bits per heavy atom. The molecule has 5 nitrogen and oxygen atoms in total. The Labute approximate surface area is 120 Å². The standard InChI is InChI=1S/C13H15BrN4O/c1-3-11(14)13(19)17-10-4-5-12(16-8-10)18-7-6-15-9(18)2/h4-8,11H,3H2,1-2H3,(H,17,19). The van der Waals surface area contributed by atoms with Gasteiger partial charge in [0.2, 0.25) is 5.91 Å². The maximum absolute atomic E-state index is 11.7. The van der Waals surface area contributed by atoms with Crippen molar-refractivity contribution in [1.82, 2.24) is 14.5 Å². The zero-order valence-electron chi connectivity index (χ0n) is 10.8. The molecule has 0 saturated carbocycles. The van der Waals surface area contributed by atoms with Crippen LogP contribution in [0.5, 0.6) is 0 Å². The minimum absolute atomic E-state index is 0.0594. The Morgan fingerprint density at radius 1 is 1.47 bits per heavy atom. The van der Waals surface area contributed by atoms with Crippen LogP contribution in [0.2, 0.25) is 0 Å². The lowest BCUT2D eigenvalue weighted by atomic mass is 10.3. The highest BCUT2D eigenvalue weighted by Crippen LogP contribution is 2.13. The third-order valence-corrected chi connectivity index (χ3v) is 3.79. The number of carbonyl (C=O) groups is 1. The average Bonchev–Trinajstić information content (AvgIpc) is 2.85. The van der Waals surface area contributed by atoms with Crippen molar-refractivity contribution in [3.63, 3.8) is 0 Å². The van der Waals surface area contributed by atoms with Crippen LogP contribution < -0.4 is 5.32 Å². The van der Waals surface area contributed by atoms with Gasteiger partial charge in [-0.25, -0.2) is 9.97 Å². The zero-order chi connectivity index (χ0) is 13.8. The Hall–Kier alpha value is -1.69. The van der Waals surface area contributed by atoms with E-state index in [-0.39, 0.29) is 10.7 Å². The molecule has 0 aromatic carbocycles. The van der Waals surface area contributed by atoms with Crippen LogP contribution >= 0.6 is 15.9 Å². The van der Waals surface area contributed by atoms with Crippen LogP contribution in [0, 0.1) is 6.92 Å². The van der Waals surface area contributed by atoms with E-state index in [1.165, 1.54) is 0 Å². The van der Waals surface area contributed by atoms with E-state index in [9.17, 15) is 4.79 Å². The molecule has 0 radical (unpaired) electrons. The highest BCUT2D eigenvalue weighted by molar-refractivity contribution is 9.10. The summed E-state index contributed by atoms with van der Waals surface area (Å²) in [6.07, 6.45) is 5.96. The van der Waals surface area contributed by atoms with Gasteiger partial charge in [-0.15, -0.1) is 0 Å². The van der Waals surface area contributed by atoms with Crippen molar-refractivity contribution in [3.8, 4) is 5.82 Å². The summed E-state index contributed by atoms with van der Waals surface area (Å²) >= 11 is 3.31. The Balaban J connectivity index is 2.11. The number of anilines is 1. The molecule has 2 rings (SSSR count). The number of aromatic nitrogens is 3. The van der Waals surface area contributed by atoms with Gasteiger partial charge in [-0.05, 0) is 25.5 Å². The molecule has 0 aliphatic rings. The predicted molar refractivity (Wildman–Crippen MR) is 77.7 cm³/mol. The molecule has 2 heterocycles. The number of hydrogen-bond acceptors (Lipinski definition) is 3. The van der Waals surface area contributed by atoms with Crippen molar-refractivity contribution < 1.29 is 4.79 Å². The summed E-state index contributed by atoms with van der Waals surface area (Å²) in [5, 5.41) is 2.81. The van der Waals surface area contributed by atoms with E-state index >= 15 is 0 Å². The molecule has 6 heteroatoms. The van der Waals surface area contributed by atoms with Crippen molar-refractivity contribution in [1.29, 1.82) is 0 Å². The molecule has 19 heavy (non-hydrogen) atoms. The molecule has 0 saturated heterocycles. The zero-order valence-corrected chi connectivity index (χ0v) is 12.4. The maximum atomic E-state index is 11.7. The summed E-state index contributed by atoms with van der Waals surface area (Å²) < 4.78 is 1.88. The van der Waals surface area contributed by atoms with Crippen molar-refractivity contribution >= 4 is 27.5 Å². The van der Waals surface area contributed by atoms with Crippen LogP contribution in [-0.2, 0) is 4.79 Å². The average molecular weight is 323 g/mol. The fourth-order valence-electron chi connectivity index (χ4n) is 1.63. The lowest BCUT2D eigenvalue weighted by Gasteiger charge is -2.09. The first-order valence-electron chi connectivity index (χ1n) is 6.03. The quantitative estimate of drug-likeness (QED) is 0.880. The van der Waals surface area contributed by atoms with E-state index < -0.39 is 0 Å². The second-order valence-electron chi connectivity index (χ2n) is 4.11. The number of carbonyl (C=O) groups excluding carboxylic acids is 1. The van der Waals surface area contributed by atoms with E-state index in [0.717, 1.165) is 18.1 Å². The van der Waals surface area contributed by atoms with E-state index in [2.05, 4.69) is 31.2 Å². The van der Waals surface area contributed by atoms with Gasteiger partial charge in [0.05, 0.1) is 16.7 Å². The van der Waals surface area contributed by atoms with E-state index in [1.54, 1.807) is 12.4 Å². The van der Waals surface area contributed by atoms with Gasteiger partial charge in [0.15, 0.2) is 0 Å². The Bertz CT molecular complexity index is 564. The first-order valence-corrected chi connectivity index (χ1v) is 6.94. The van der Waals surface area contributed by atoms with Gasteiger partial charge < -0.3 is 5.32 Å². The smallest absolute Gasteiger partial charge is 0.238 e. The molecular formula is C13H15BrN4O. The van der Waals surface area contributed by atoms with Crippen LogP contribution in [0.1, 0.15) is 19.2 Å². The molecule has 0 fully saturated rings. The summed E-state index contributed by atoms with van der Waals surface area (Å²) in [6.45, 7) is 3.86. The molecule has 0 spiro atoms. The first kappa shape index (κ1) is 13.7. The molecule has 1 unspecified atom stereocenters. The van der Waals surface area contributed by atoms with Gasteiger partial charge in [-0.3, -0.25) is 9.36 Å². The summed E-state index contributed by atoms with van der Waals surface area (Å²) in [6, 6.07) is 3.68. The molecular weight excluding hydrogens is 308 g/mol. The predicted octanol–water partition coefficient (Wildman–Crippen LogP) is 2.69. The van der Waals surface area contributed by atoms with Crippen LogP contribution in [0.4, 0.5) is 5.69 Å². The Morgan fingerprint density at radius 2 is 2.26 bits per heavy atom. The fraction of sp³-hybridized carbons (Fsp3) is 0.308. The number of aryl methyl sites for hydroxylation is 1. The number of alkyl halides is 1. The van der Waals surface area contributed by atoms with Crippen LogP contribution in [-0.4, -0.2) is 25.3 Å². The van der Waals surface area contributed by atoms with E-state index in [0.29, 0.717) is 5.69 Å².